The molecule has 8 N–H and O–H groups in total. The number of hydrogen-bond acceptors (Lipinski definition) is 8. The van der Waals surface area contributed by atoms with Gasteiger partial charge in [-0.1, -0.05) is 12.8 Å². The predicted molar refractivity (Wildman–Crippen MR) is 136 cm³/mol. The maximum Gasteiger partial charge on any atom is 0.229 e. The first-order valence-corrected chi connectivity index (χ1v) is 14.2. The average molecular weight is 527 g/mol. The zero-order valence-electron chi connectivity index (χ0n) is 21.6. The predicted octanol–water partition coefficient (Wildman–Crippen LogP) is -1.25. The fourth-order valence-corrected chi connectivity index (χ4v) is 7.39. The molecule has 8 unspecified atom stereocenters. The SMILES string of the molecule is NC(N)C(C(=O)NC1CNCC(F)C1N1CCN2C(=O)CCCC2C1)C1NCC(F)C(C2CCCC2)N1. The van der Waals surface area contributed by atoms with Crippen LogP contribution in [0.2, 0.25) is 0 Å². The first-order valence-electron chi connectivity index (χ1n) is 14.2. The molecule has 0 aromatic carbocycles. The molecule has 5 rings (SSSR count). The van der Waals surface area contributed by atoms with Crippen molar-refractivity contribution >= 4 is 11.8 Å². The zero-order chi connectivity index (χ0) is 26.1. The summed E-state index contributed by atoms with van der Waals surface area (Å²) >= 11 is 0. The van der Waals surface area contributed by atoms with Gasteiger partial charge in [-0.25, -0.2) is 8.78 Å². The van der Waals surface area contributed by atoms with Crippen LogP contribution in [0.4, 0.5) is 8.78 Å². The number of nitrogens with two attached hydrogens (primary N) is 2. The topological polar surface area (TPSA) is 141 Å². The van der Waals surface area contributed by atoms with Crippen LogP contribution in [-0.2, 0) is 9.59 Å². The minimum atomic E-state index is -1.17. The number of halogens is 2. The number of hydrogen-bond donors (Lipinski definition) is 6. The second kappa shape index (κ2) is 11.7. The monoisotopic (exact) mass is 526 g/mol. The molecule has 4 saturated heterocycles. The van der Waals surface area contributed by atoms with Crippen molar-refractivity contribution in [2.45, 2.75) is 93.8 Å². The molecule has 1 saturated carbocycles. The summed E-state index contributed by atoms with van der Waals surface area (Å²) in [5.41, 5.74) is 12.2. The molecular formula is C25H44F2N8O2. The molecule has 10 nitrogen and oxygen atoms in total. The zero-order valence-corrected chi connectivity index (χ0v) is 21.6. The minimum Gasteiger partial charge on any atom is -0.350 e. The lowest BCUT2D eigenvalue weighted by atomic mass is 9.89. The van der Waals surface area contributed by atoms with E-state index in [4.69, 9.17) is 11.5 Å². The van der Waals surface area contributed by atoms with Crippen LogP contribution in [0.25, 0.3) is 0 Å². The van der Waals surface area contributed by atoms with Crippen LogP contribution in [0, 0.1) is 11.8 Å². The lowest BCUT2D eigenvalue weighted by Crippen LogP contribution is -2.72. The summed E-state index contributed by atoms with van der Waals surface area (Å²) in [5.74, 6) is -0.784. The molecule has 12 heteroatoms. The quantitative estimate of drug-likeness (QED) is 0.236. The number of carbonyl (C=O) groups excluding carboxylic acids is 2. The van der Waals surface area contributed by atoms with Gasteiger partial charge in [-0.05, 0) is 31.6 Å². The van der Waals surface area contributed by atoms with Gasteiger partial charge in [0.05, 0.1) is 30.3 Å². The Morgan fingerprint density at radius 3 is 2.57 bits per heavy atom. The van der Waals surface area contributed by atoms with E-state index < -0.39 is 42.7 Å². The van der Waals surface area contributed by atoms with E-state index in [2.05, 4.69) is 26.2 Å². The van der Waals surface area contributed by atoms with Crippen molar-refractivity contribution < 1.29 is 18.4 Å². The summed E-state index contributed by atoms with van der Waals surface area (Å²) in [4.78, 5) is 30.0. The van der Waals surface area contributed by atoms with Crippen LogP contribution >= 0.6 is 0 Å². The second-order valence-electron chi connectivity index (χ2n) is 11.7. The van der Waals surface area contributed by atoms with Crippen molar-refractivity contribution in [3.05, 3.63) is 0 Å². The third kappa shape index (κ3) is 5.79. The van der Waals surface area contributed by atoms with Crippen molar-refractivity contribution in [3.63, 3.8) is 0 Å². The highest BCUT2D eigenvalue weighted by molar-refractivity contribution is 5.80. The fourth-order valence-electron chi connectivity index (χ4n) is 7.39. The normalized spacial score (nSPS) is 39.0. The molecule has 4 aliphatic heterocycles. The number of piperazine rings is 1. The van der Waals surface area contributed by atoms with Gasteiger partial charge in [-0.2, -0.15) is 0 Å². The first kappa shape index (κ1) is 27.1. The Balaban J connectivity index is 1.26. The molecule has 2 amide bonds. The van der Waals surface area contributed by atoms with Gasteiger partial charge in [-0.3, -0.25) is 25.1 Å². The molecule has 5 fully saturated rings. The van der Waals surface area contributed by atoms with Gasteiger partial charge in [-0.15, -0.1) is 0 Å². The highest BCUT2D eigenvalue weighted by Gasteiger charge is 2.46. The van der Waals surface area contributed by atoms with Gasteiger partial charge in [0.15, 0.2) is 0 Å². The highest BCUT2D eigenvalue weighted by Crippen LogP contribution is 2.32. The molecule has 1 aliphatic carbocycles. The van der Waals surface area contributed by atoms with E-state index in [-0.39, 0.29) is 42.9 Å². The van der Waals surface area contributed by atoms with Gasteiger partial charge in [0.1, 0.15) is 12.3 Å². The van der Waals surface area contributed by atoms with Gasteiger partial charge in [0, 0.05) is 57.8 Å². The largest absolute Gasteiger partial charge is 0.350 e. The van der Waals surface area contributed by atoms with Crippen LogP contribution in [0.5, 0.6) is 0 Å². The molecule has 8 atom stereocenters. The van der Waals surface area contributed by atoms with E-state index in [1.165, 1.54) is 0 Å². The van der Waals surface area contributed by atoms with Gasteiger partial charge < -0.3 is 27.0 Å². The number of carbonyl (C=O) groups is 2. The van der Waals surface area contributed by atoms with E-state index in [1.54, 1.807) is 0 Å². The summed E-state index contributed by atoms with van der Waals surface area (Å²) in [6.07, 6.45) is 2.76. The average Bonchev–Trinajstić information content (AvgIpc) is 3.40. The van der Waals surface area contributed by atoms with Crippen LogP contribution in [0.3, 0.4) is 0 Å². The molecule has 0 aromatic rings. The van der Waals surface area contributed by atoms with Crippen molar-refractivity contribution in [1.29, 1.82) is 0 Å². The third-order valence-electron chi connectivity index (χ3n) is 9.28. The lowest BCUT2D eigenvalue weighted by molar-refractivity contribution is -0.141. The molecule has 210 valence electrons. The highest BCUT2D eigenvalue weighted by atomic mass is 19.1. The van der Waals surface area contributed by atoms with E-state index >= 15 is 4.39 Å². The second-order valence-corrected chi connectivity index (χ2v) is 11.7. The Kier molecular flexibility index (Phi) is 8.62. The van der Waals surface area contributed by atoms with E-state index in [9.17, 15) is 14.0 Å². The minimum absolute atomic E-state index is 0.0930. The Bertz CT molecular complexity index is 816. The fraction of sp³-hybridized carbons (Fsp3) is 0.920. The Labute approximate surface area is 218 Å². The Hall–Kier alpha value is -1.44. The van der Waals surface area contributed by atoms with E-state index in [1.807, 2.05) is 4.90 Å². The maximum absolute atomic E-state index is 15.4. The standard InChI is InChI=1S/C25H44F2N8O2/c26-16-11-31-24(33-21(16)14-4-1-2-5-14)20(23(28)29)25(37)32-18-12-30-10-17(27)22(18)34-8-9-35-15(13-34)6-3-7-19(35)36/h14-18,20-24,30-31,33H,1-13,28-29H2,(H,32,37). The van der Waals surface area contributed by atoms with Gasteiger partial charge in [0.2, 0.25) is 11.8 Å². The number of fused-ring (bicyclic) bond motifs is 1. The van der Waals surface area contributed by atoms with Crippen molar-refractivity contribution in [3.8, 4) is 0 Å². The van der Waals surface area contributed by atoms with Crippen molar-refractivity contribution in [2.75, 3.05) is 39.3 Å². The Morgan fingerprint density at radius 2 is 1.81 bits per heavy atom. The summed E-state index contributed by atoms with van der Waals surface area (Å²) in [7, 11) is 0. The smallest absolute Gasteiger partial charge is 0.229 e. The van der Waals surface area contributed by atoms with Crippen LogP contribution in [-0.4, -0.2) is 110 Å². The number of piperidine rings is 2. The molecule has 0 spiro atoms. The van der Waals surface area contributed by atoms with E-state index in [0.717, 1.165) is 38.5 Å². The molecular weight excluding hydrogens is 482 g/mol. The summed E-state index contributed by atoms with van der Waals surface area (Å²) in [5, 5.41) is 12.6. The third-order valence-corrected chi connectivity index (χ3v) is 9.28. The molecule has 0 bridgehead atoms. The maximum atomic E-state index is 15.4. The first-order chi connectivity index (χ1) is 17.8. The van der Waals surface area contributed by atoms with E-state index in [0.29, 0.717) is 32.6 Å². The van der Waals surface area contributed by atoms with Gasteiger partial charge in [0.25, 0.3) is 0 Å². The summed E-state index contributed by atoms with van der Waals surface area (Å²) < 4.78 is 30.1. The van der Waals surface area contributed by atoms with Crippen LogP contribution in [0.15, 0.2) is 0 Å². The number of amides is 2. The number of rotatable bonds is 6. The number of alkyl halides is 2. The van der Waals surface area contributed by atoms with Crippen molar-refractivity contribution in [2.24, 2.45) is 23.3 Å². The summed E-state index contributed by atoms with van der Waals surface area (Å²) in [6.45, 7) is 2.55. The number of nitrogens with one attached hydrogen (secondary N) is 4. The lowest BCUT2D eigenvalue weighted by Gasteiger charge is -2.50. The Morgan fingerprint density at radius 1 is 1.03 bits per heavy atom. The van der Waals surface area contributed by atoms with Gasteiger partial charge >= 0.3 is 0 Å². The molecule has 5 aliphatic rings. The van der Waals surface area contributed by atoms with Crippen molar-refractivity contribution in [1.82, 2.24) is 31.1 Å². The molecule has 37 heavy (non-hydrogen) atoms. The molecule has 4 heterocycles. The molecule has 0 aromatic heterocycles. The van der Waals surface area contributed by atoms with Crippen LogP contribution in [0.1, 0.15) is 44.9 Å². The molecule has 0 radical (unpaired) electrons. The number of nitrogens with zero attached hydrogens (tertiary/aromatic N) is 2. The summed E-state index contributed by atoms with van der Waals surface area (Å²) in [6, 6.07) is -1.23. The van der Waals surface area contributed by atoms with Crippen LogP contribution < -0.4 is 32.7 Å².